The predicted octanol–water partition coefficient (Wildman–Crippen LogP) is 3.41. The first kappa shape index (κ1) is 19.6. The van der Waals surface area contributed by atoms with Crippen LogP contribution in [0, 0.1) is 6.92 Å². The Labute approximate surface area is 152 Å². The minimum Gasteiger partial charge on any atom is -0.496 e. The van der Waals surface area contributed by atoms with Gasteiger partial charge in [-0.25, -0.2) is 0 Å². The Morgan fingerprint density at radius 3 is 2.68 bits per heavy atom. The van der Waals surface area contributed by atoms with E-state index in [2.05, 4.69) is 34.7 Å². The highest BCUT2D eigenvalue weighted by Gasteiger charge is 2.12. The Hall–Kier alpha value is -1.75. The maximum Gasteiger partial charge on any atom is 0.191 e. The third-order valence-corrected chi connectivity index (χ3v) is 4.66. The van der Waals surface area contributed by atoms with Crippen LogP contribution in [0.5, 0.6) is 5.75 Å². The zero-order valence-electron chi connectivity index (χ0n) is 15.9. The van der Waals surface area contributed by atoms with E-state index in [0.717, 1.165) is 43.4 Å². The summed E-state index contributed by atoms with van der Waals surface area (Å²) in [5, 5.41) is 6.70. The van der Waals surface area contributed by atoms with Crippen molar-refractivity contribution in [2.24, 2.45) is 4.99 Å². The Balaban J connectivity index is 1.62. The van der Waals surface area contributed by atoms with Crippen LogP contribution in [0.15, 0.2) is 23.2 Å². The maximum atomic E-state index is 5.95. The molecular weight excluding hydrogens is 314 g/mol. The van der Waals surface area contributed by atoms with Gasteiger partial charge in [0.25, 0.3) is 0 Å². The second-order valence-electron chi connectivity index (χ2n) is 6.64. The quantitative estimate of drug-likeness (QED) is 0.430. The second kappa shape index (κ2) is 11.0. The van der Waals surface area contributed by atoms with Gasteiger partial charge in [0.05, 0.1) is 13.2 Å². The average Bonchev–Trinajstić information content (AvgIpc) is 2.65. The van der Waals surface area contributed by atoms with Gasteiger partial charge >= 0.3 is 0 Å². The molecule has 0 aromatic heterocycles. The summed E-state index contributed by atoms with van der Waals surface area (Å²) < 4.78 is 11.2. The highest BCUT2D eigenvalue weighted by molar-refractivity contribution is 5.79. The molecule has 0 bridgehead atoms. The van der Waals surface area contributed by atoms with Gasteiger partial charge in [-0.15, -0.1) is 0 Å². The molecule has 1 saturated carbocycles. The molecule has 0 unspecified atom stereocenters. The van der Waals surface area contributed by atoms with Crippen LogP contribution in [0.4, 0.5) is 0 Å². The van der Waals surface area contributed by atoms with Gasteiger partial charge in [-0.3, -0.25) is 4.99 Å². The van der Waals surface area contributed by atoms with Crippen molar-refractivity contribution in [3.63, 3.8) is 0 Å². The third kappa shape index (κ3) is 6.94. The van der Waals surface area contributed by atoms with E-state index in [9.17, 15) is 0 Å². The fourth-order valence-electron chi connectivity index (χ4n) is 3.22. The van der Waals surface area contributed by atoms with Crippen molar-refractivity contribution in [2.75, 3.05) is 27.3 Å². The summed E-state index contributed by atoms with van der Waals surface area (Å²) in [7, 11) is 3.50. The molecule has 0 heterocycles. The lowest BCUT2D eigenvalue weighted by Gasteiger charge is -2.22. The zero-order valence-corrected chi connectivity index (χ0v) is 15.9. The minimum absolute atomic E-state index is 0.490. The van der Waals surface area contributed by atoms with E-state index in [-0.39, 0.29) is 0 Å². The standard InChI is InChI=1S/C20H33N3O2/c1-16-14-17(10-11-19(16)24-3)15-23-20(21-2)22-12-7-13-25-18-8-5-4-6-9-18/h10-11,14,18H,4-9,12-13,15H2,1-3H3,(H2,21,22,23). The summed E-state index contributed by atoms with van der Waals surface area (Å²) in [5.74, 6) is 1.75. The normalized spacial score (nSPS) is 15.9. The van der Waals surface area contributed by atoms with E-state index in [1.54, 1.807) is 14.2 Å². The topological polar surface area (TPSA) is 54.9 Å². The van der Waals surface area contributed by atoms with Crippen molar-refractivity contribution in [1.82, 2.24) is 10.6 Å². The number of hydrogen-bond donors (Lipinski definition) is 2. The molecule has 1 aliphatic rings. The highest BCUT2D eigenvalue weighted by atomic mass is 16.5. The number of aliphatic imine (C=N–C) groups is 1. The number of benzene rings is 1. The lowest BCUT2D eigenvalue weighted by Crippen LogP contribution is -2.37. The smallest absolute Gasteiger partial charge is 0.191 e. The van der Waals surface area contributed by atoms with E-state index in [0.29, 0.717) is 6.10 Å². The Kier molecular flexibility index (Phi) is 8.60. The Bertz CT molecular complexity index is 540. The zero-order chi connectivity index (χ0) is 17.9. The molecule has 0 amide bonds. The van der Waals surface area contributed by atoms with Crippen molar-refractivity contribution in [2.45, 2.75) is 58.1 Å². The van der Waals surface area contributed by atoms with Gasteiger partial charge in [-0.05, 0) is 43.4 Å². The fourth-order valence-corrected chi connectivity index (χ4v) is 3.22. The van der Waals surface area contributed by atoms with Gasteiger partial charge < -0.3 is 20.1 Å². The van der Waals surface area contributed by atoms with Crippen LogP contribution >= 0.6 is 0 Å². The predicted molar refractivity (Wildman–Crippen MR) is 103 cm³/mol. The molecule has 5 heteroatoms. The molecule has 2 N–H and O–H groups in total. The molecule has 0 radical (unpaired) electrons. The number of nitrogens with zero attached hydrogens (tertiary/aromatic N) is 1. The highest BCUT2D eigenvalue weighted by Crippen LogP contribution is 2.20. The summed E-state index contributed by atoms with van der Waals surface area (Å²) in [4.78, 5) is 4.28. The van der Waals surface area contributed by atoms with Crippen LogP contribution in [0.2, 0.25) is 0 Å². The minimum atomic E-state index is 0.490. The third-order valence-electron chi connectivity index (χ3n) is 4.66. The van der Waals surface area contributed by atoms with Crippen molar-refractivity contribution in [1.29, 1.82) is 0 Å². The summed E-state index contributed by atoms with van der Waals surface area (Å²) in [6.45, 7) is 4.49. The monoisotopic (exact) mass is 347 g/mol. The van der Waals surface area contributed by atoms with E-state index >= 15 is 0 Å². The summed E-state index contributed by atoms with van der Waals surface area (Å²) in [6, 6.07) is 6.21. The molecule has 1 aromatic carbocycles. The van der Waals surface area contributed by atoms with Gasteiger partial charge in [0.1, 0.15) is 5.75 Å². The Morgan fingerprint density at radius 2 is 2.00 bits per heavy atom. The molecule has 140 valence electrons. The number of methoxy groups -OCH3 is 1. The molecule has 0 spiro atoms. The van der Waals surface area contributed by atoms with Crippen molar-refractivity contribution < 1.29 is 9.47 Å². The summed E-state index contributed by atoms with van der Waals surface area (Å²) >= 11 is 0. The maximum absolute atomic E-state index is 5.95. The number of ether oxygens (including phenoxy) is 2. The van der Waals surface area contributed by atoms with Crippen LogP contribution in [-0.2, 0) is 11.3 Å². The molecule has 1 fully saturated rings. The largest absolute Gasteiger partial charge is 0.496 e. The van der Waals surface area contributed by atoms with Gasteiger partial charge in [0, 0.05) is 26.7 Å². The Morgan fingerprint density at radius 1 is 1.20 bits per heavy atom. The summed E-state index contributed by atoms with van der Waals surface area (Å²) in [5.41, 5.74) is 2.35. The number of rotatable bonds is 8. The molecule has 0 aliphatic heterocycles. The van der Waals surface area contributed by atoms with E-state index in [4.69, 9.17) is 9.47 Å². The number of hydrogen-bond acceptors (Lipinski definition) is 3. The van der Waals surface area contributed by atoms with Crippen LogP contribution in [0.1, 0.15) is 49.7 Å². The lowest BCUT2D eigenvalue weighted by atomic mass is 9.98. The second-order valence-corrected chi connectivity index (χ2v) is 6.64. The van der Waals surface area contributed by atoms with E-state index in [1.165, 1.54) is 37.7 Å². The van der Waals surface area contributed by atoms with Crippen LogP contribution in [0.25, 0.3) is 0 Å². The molecule has 25 heavy (non-hydrogen) atoms. The lowest BCUT2D eigenvalue weighted by molar-refractivity contribution is 0.0277. The van der Waals surface area contributed by atoms with Gasteiger partial charge in [-0.2, -0.15) is 0 Å². The first-order chi connectivity index (χ1) is 12.2. The molecule has 0 saturated heterocycles. The first-order valence-electron chi connectivity index (χ1n) is 9.42. The van der Waals surface area contributed by atoms with E-state index < -0.39 is 0 Å². The first-order valence-corrected chi connectivity index (χ1v) is 9.42. The molecule has 5 nitrogen and oxygen atoms in total. The van der Waals surface area contributed by atoms with Crippen molar-refractivity contribution in [3.8, 4) is 5.75 Å². The molecule has 0 atom stereocenters. The number of aryl methyl sites for hydroxylation is 1. The molecule has 2 rings (SSSR count). The number of guanidine groups is 1. The SMILES string of the molecule is CN=C(NCCCOC1CCCCC1)NCc1ccc(OC)c(C)c1. The van der Waals surface area contributed by atoms with Crippen LogP contribution in [-0.4, -0.2) is 39.4 Å². The number of nitrogens with one attached hydrogen (secondary N) is 2. The van der Waals surface area contributed by atoms with Gasteiger partial charge in [0.15, 0.2) is 5.96 Å². The molecule has 1 aliphatic carbocycles. The molecular formula is C20H33N3O2. The van der Waals surface area contributed by atoms with Crippen molar-refractivity contribution >= 4 is 5.96 Å². The van der Waals surface area contributed by atoms with Crippen molar-refractivity contribution in [3.05, 3.63) is 29.3 Å². The molecule has 1 aromatic rings. The summed E-state index contributed by atoms with van der Waals surface area (Å²) in [6.07, 6.45) is 7.98. The average molecular weight is 348 g/mol. The fraction of sp³-hybridized carbons (Fsp3) is 0.650. The van der Waals surface area contributed by atoms with Crippen LogP contribution < -0.4 is 15.4 Å². The van der Waals surface area contributed by atoms with Gasteiger partial charge in [0.2, 0.25) is 0 Å². The van der Waals surface area contributed by atoms with Gasteiger partial charge in [-0.1, -0.05) is 31.4 Å². The van der Waals surface area contributed by atoms with Crippen LogP contribution in [0.3, 0.4) is 0 Å². The van der Waals surface area contributed by atoms with E-state index in [1.807, 2.05) is 6.07 Å².